The molecule has 0 aliphatic heterocycles. The van der Waals surface area contributed by atoms with Gasteiger partial charge in [0.15, 0.2) is 0 Å². The first kappa shape index (κ1) is 8.26. The van der Waals surface area contributed by atoms with Crippen molar-refractivity contribution in [3.05, 3.63) is 12.4 Å². The summed E-state index contributed by atoms with van der Waals surface area (Å²) in [6.45, 7) is 0. The highest BCUT2D eigenvalue weighted by atomic mass is 31.2. The Kier molecular flexibility index (Phi) is 1.99. The molecule has 0 aliphatic rings. The third-order valence-electron chi connectivity index (χ3n) is 0.978. The van der Waals surface area contributed by atoms with Crippen molar-refractivity contribution in [2.45, 2.75) is 0 Å². The van der Waals surface area contributed by atoms with E-state index in [4.69, 9.17) is 9.79 Å². The minimum atomic E-state index is -4.46. The number of imidazole rings is 1. The minimum Gasteiger partial charge on any atom is -0.370 e. The van der Waals surface area contributed by atoms with Crippen LogP contribution in [0.2, 0.25) is 0 Å². The van der Waals surface area contributed by atoms with Gasteiger partial charge in [0.05, 0.1) is 0 Å². The van der Waals surface area contributed by atoms with E-state index in [9.17, 15) is 4.57 Å². The number of aryl methyl sites for hydroxylation is 1. The van der Waals surface area contributed by atoms with Crippen LogP contribution in [-0.2, 0) is 11.6 Å². The second kappa shape index (κ2) is 2.65. The first-order valence-corrected chi connectivity index (χ1v) is 4.24. The smallest absolute Gasteiger partial charge is 0.370 e. The van der Waals surface area contributed by atoms with E-state index < -0.39 is 7.82 Å². The number of hydrogen-bond acceptors (Lipinski definition) is 3. The molecule has 0 saturated heterocycles. The molecular formula is C4H7N2O4P. The quantitative estimate of drug-likeness (QED) is 0.617. The molecule has 0 unspecified atom stereocenters. The summed E-state index contributed by atoms with van der Waals surface area (Å²) in [6.07, 6.45) is 2.90. The molecule has 0 atom stereocenters. The Morgan fingerprint density at radius 3 is 2.73 bits per heavy atom. The van der Waals surface area contributed by atoms with E-state index in [1.165, 1.54) is 17.0 Å². The maximum absolute atomic E-state index is 10.3. The topological polar surface area (TPSA) is 84.6 Å². The van der Waals surface area contributed by atoms with Crippen LogP contribution in [0.3, 0.4) is 0 Å². The molecule has 0 saturated carbocycles. The lowest BCUT2D eigenvalue weighted by atomic mass is 10.9. The van der Waals surface area contributed by atoms with Crippen molar-refractivity contribution in [2.75, 3.05) is 0 Å². The largest absolute Gasteiger partial charge is 0.527 e. The van der Waals surface area contributed by atoms with E-state index in [0.29, 0.717) is 0 Å². The molecule has 62 valence electrons. The summed E-state index contributed by atoms with van der Waals surface area (Å²) in [6, 6.07) is -0.0988. The van der Waals surface area contributed by atoms with Gasteiger partial charge in [0, 0.05) is 19.4 Å². The molecule has 0 bridgehead atoms. The standard InChI is InChI=1S/C4H7N2O4P/c1-6-3-2-5-4(6)10-11(7,8)9/h2-3H,1H3,(H2,7,8,9). The second-order valence-electron chi connectivity index (χ2n) is 1.90. The second-order valence-corrected chi connectivity index (χ2v) is 3.07. The first-order chi connectivity index (χ1) is 4.99. The molecule has 0 fully saturated rings. The Labute approximate surface area is 62.7 Å². The molecule has 11 heavy (non-hydrogen) atoms. The van der Waals surface area contributed by atoms with Crippen LogP contribution in [0.5, 0.6) is 6.01 Å². The minimum absolute atomic E-state index is 0.0988. The Hall–Kier alpha value is -0.840. The summed E-state index contributed by atoms with van der Waals surface area (Å²) in [5.74, 6) is 0. The zero-order chi connectivity index (χ0) is 8.48. The summed E-state index contributed by atoms with van der Waals surface area (Å²) in [4.78, 5) is 20.2. The molecule has 0 aromatic carbocycles. The van der Waals surface area contributed by atoms with E-state index in [2.05, 4.69) is 9.51 Å². The summed E-state index contributed by atoms with van der Waals surface area (Å²) in [7, 11) is -2.90. The van der Waals surface area contributed by atoms with Crippen molar-refractivity contribution in [1.82, 2.24) is 9.55 Å². The molecule has 1 heterocycles. The lowest BCUT2D eigenvalue weighted by molar-refractivity contribution is 0.272. The van der Waals surface area contributed by atoms with Crippen LogP contribution in [0.25, 0.3) is 0 Å². The molecule has 1 rings (SSSR count). The number of phosphoric acid groups is 1. The van der Waals surface area contributed by atoms with Crippen molar-refractivity contribution >= 4 is 7.82 Å². The highest BCUT2D eigenvalue weighted by molar-refractivity contribution is 7.46. The Morgan fingerprint density at radius 2 is 2.36 bits per heavy atom. The lowest BCUT2D eigenvalue weighted by Crippen LogP contribution is -1.96. The van der Waals surface area contributed by atoms with E-state index in [1.807, 2.05) is 0 Å². The number of hydrogen-bond donors (Lipinski definition) is 2. The summed E-state index contributed by atoms with van der Waals surface area (Å²) < 4.78 is 15.8. The van der Waals surface area contributed by atoms with Crippen molar-refractivity contribution in [1.29, 1.82) is 0 Å². The summed E-state index contributed by atoms with van der Waals surface area (Å²) in [5.41, 5.74) is 0. The van der Waals surface area contributed by atoms with Crippen molar-refractivity contribution in [3.63, 3.8) is 0 Å². The molecule has 1 aromatic heterocycles. The number of nitrogens with zero attached hydrogens (tertiary/aromatic N) is 2. The maximum atomic E-state index is 10.3. The van der Waals surface area contributed by atoms with E-state index in [1.54, 1.807) is 7.05 Å². The third kappa shape index (κ3) is 2.34. The lowest BCUT2D eigenvalue weighted by Gasteiger charge is -2.04. The molecule has 1 aromatic rings. The van der Waals surface area contributed by atoms with Gasteiger partial charge in [-0.25, -0.2) is 9.55 Å². The Morgan fingerprint density at radius 1 is 1.73 bits per heavy atom. The van der Waals surface area contributed by atoms with Gasteiger partial charge in [0.1, 0.15) is 0 Å². The Balaban J connectivity index is 2.80. The summed E-state index contributed by atoms with van der Waals surface area (Å²) >= 11 is 0. The van der Waals surface area contributed by atoms with Crippen molar-refractivity contribution in [3.8, 4) is 6.01 Å². The van der Waals surface area contributed by atoms with Gasteiger partial charge in [-0.1, -0.05) is 0 Å². The number of rotatable bonds is 2. The average molecular weight is 178 g/mol. The van der Waals surface area contributed by atoms with Gasteiger partial charge in [-0.3, -0.25) is 9.79 Å². The summed E-state index contributed by atoms with van der Waals surface area (Å²) in [5, 5.41) is 0. The molecule has 0 amide bonds. The zero-order valence-electron chi connectivity index (χ0n) is 5.71. The van der Waals surface area contributed by atoms with E-state index >= 15 is 0 Å². The van der Waals surface area contributed by atoms with Gasteiger partial charge in [0.2, 0.25) is 0 Å². The number of phosphoric ester groups is 1. The molecular weight excluding hydrogens is 171 g/mol. The van der Waals surface area contributed by atoms with Crippen LogP contribution in [0.1, 0.15) is 0 Å². The van der Waals surface area contributed by atoms with Crippen LogP contribution in [-0.4, -0.2) is 19.3 Å². The normalized spacial score (nSPS) is 11.5. The monoisotopic (exact) mass is 178 g/mol. The van der Waals surface area contributed by atoms with Gasteiger partial charge in [0.25, 0.3) is 0 Å². The highest BCUT2D eigenvalue weighted by Gasteiger charge is 2.18. The molecule has 0 radical (unpaired) electrons. The average Bonchev–Trinajstić information content (AvgIpc) is 2.12. The maximum Gasteiger partial charge on any atom is 0.527 e. The molecule has 0 aliphatic carbocycles. The van der Waals surface area contributed by atoms with Crippen LogP contribution >= 0.6 is 7.82 Å². The van der Waals surface area contributed by atoms with Crippen LogP contribution < -0.4 is 4.52 Å². The van der Waals surface area contributed by atoms with Crippen LogP contribution in [0, 0.1) is 0 Å². The highest BCUT2D eigenvalue weighted by Crippen LogP contribution is 2.36. The fraction of sp³-hybridized carbons (Fsp3) is 0.250. The number of aromatic nitrogens is 2. The van der Waals surface area contributed by atoms with Crippen LogP contribution in [0.4, 0.5) is 0 Å². The molecule has 6 nitrogen and oxygen atoms in total. The Bertz CT molecular complexity index is 290. The van der Waals surface area contributed by atoms with E-state index in [0.717, 1.165) is 0 Å². The van der Waals surface area contributed by atoms with Crippen LogP contribution in [0.15, 0.2) is 12.4 Å². The van der Waals surface area contributed by atoms with E-state index in [-0.39, 0.29) is 6.01 Å². The SMILES string of the molecule is Cn1ccnc1OP(=O)(O)O. The molecule has 2 N–H and O–H groups in total. The zero-order valence-corrected chi connectivity index (χ0v) is 6.60. The third-order valence-corrected chi connectivity index (χ3v) is 1.38. The van der Waals surface area contributed by atoms with Gasteiger partial charge < -0.3 is 9.09 Å². The predicted molar refractivity (Wildman–Crippen MR) is 35.9 cm³/mol. The first-order valence-electron chi connectivity index (χ1n) is 2.71. The van der Waals surface area contributed by atoms with Crippen molar-refractivity contribution in [2.24, 2.45) is 7.05 Å². The van der Waals surface area contributed by atoms with Gasteiger partial charge in [-0.05, 0) is 0 Å². The van der Waals surface area contributed by atoms with Crippen molar-refractivity contribution < 1.29 is 18.9 Å². The fourth-order valence-electron chi connectivity index (χ4n) is 0.546. The predicted octanol–water partition coefficient (Wildman–Crippen LogP) is -0.108. The van der Waals surface area contributed by atoms with Gasteiger partial charge in [-0.2, -0.15) is 0 Å². The van der Waals surface area contributed by atoms with Gasteiger partial charge in [-0.15, -0.1) is 0 Å². The molecule has 7 heteroatoms. The molecule has 0 spiro atoms. The fourth-order valence-corrected chi connectivity index (χ4v) is 0.935. The van der Waals surface area contributed by atoms with Gasteiger partial charge >= 0.3 is 13.8 Å².